The minimum Gasteiger partial charge on any atom is -0.496 e. The second-order valence-electron chi connectivity index (χ2n) is 6.11. The van der Waals surface area contributed by atoms with Crippen molar-refractivity contribution in [3.63, 3.8) is 0 Å². The highest BCUT2D eigenvalue weighted by Gasteiger charge is 2.14. The second-order valence-corrected chi connectivity index (χ2v) is 8.09. The third kappa shape index (κ3) is 5.83. The Morgan fingerprint density at radius 2 is 1.93 bits per heavy atom. The molecule has 0 aliphatic carbocycles. The Bertz CT molecular complexity index is 948. The Kier molecular flexibility index (Phi) is 7.71. The lowest BCUT2D eigenvalue weighted by molar-refractivity contribution is 0.251. The summed E-state index contributed by atoms with van der Waals surface area (Å²) in [5.74, 6) is -0.536. The van der Waals surface area contributed by atoms with Gasteiger partial charge in [0.25, 0.3) is 5.76 Å². The Morgan fingerprint density at radius 3 is 2.62 bits per heavy atom. The normalized spacial score (nSPS) is 11.0. The molecule has 1 aromatic heterocycles. The smallest absolute Gasteiger partial charge is 0.289 e. The van der Waals surface area contributed by atoms with Crippen LogP contribution in [-0.4, -0.2) is 27.6 Å². The largest absolute Gasteiger partial charge is 0.496 e. The van der Waals surface area contributed by atoms with Gasteiger partial charge in [-0.1, -0.05) is 66.0 Å². The van der Waals surface area contributed by atoms with Crippen LogP contribution in [0.4, 0.5) is 8.78 Å². The monoisotopic (exact) mass is 433 g/mol. The van der Waals surface area contributed by atoms with Crippen LogP contribution >= 0.6 is 23.5 Å². The van der Waals surface area contributed by atoms with Gasteiger partial charge in [0.05, 0.1) is 12.0 Å². The summed E-state index contributed by atoms with van der Waals surface area (Å²) in [4.78, 5) is 0.427. The summed E-state index contributed by atoms with van der Waals surface area (Å²) in [6.45, 7) is 4.45. The number of nitrogens with zero attached hydrogens (tertiary/aromatic N) is 3. The van der Waals surface area contributed by atoms with Crippen LogP contribution in [0.2, 0.25) is 0 Å². The topological polar surface area (TPSA) is 39.9 Å². The van der Waals surface area contributed by atoms with Gasteiger partial charge in [0.2, 0.25) is 0 Å². The highest BCUT2D eigenvalue weighted by atomic mass is 32.2. The summed E-state index contributed by atoms with van der Waals surface area (Å²) >= 11 is 2.02. The van der Waals surface area contributed by atoms with Gasteiger partial charge in [-0.25, -0.2) is 0 Å². The van der Waals surface area contributed by atoms with E-state index in [1.165, 1.54) is 12.7 Å². The van der Waals surface area contributed by atoms with E-state index in [2.05, 4.69) is 28.9 Å². The number of ether oxygens (including phenoxy) is 1. The van der Waals surface area contributed by atoms with Crippen molar-refractivity contribution in [2.45, 2.75) is 34.5 Å². The molecule has 8 heteroatoms. The molecular weight excluding hydrogens is 412 g/mol. The third-order valence-electron chi connectivity index (χ3n) is 4.12. The molecular formula is C21H21F2N3OS2. The fraction of sp³-hybridized carbons (Fsp3) is 0.238. The van der Waals surface area contributed by atoms with Gasteiger partial charge in [0, 0.05) is 18.7 Å². The highest BCUT2D eigenvalue weighted by molar-refractivity contribution is 7.99. The molecule has 0 spiro atoms. The Balaban J connectivity index is 1.74. The first-order chi connectivity index (χ1) is 14.1. The first-order valence-corrected chi connectivity index (χ1v) is 10.8. The summed E-state index contributed by atoms with van der Waals surface area (Å²) in [5, 5.41) is 9.49. The van der Waals surface area contributed by atoms with Crippen LogP contribution in [0, 0.1) is 0 Å². The summed E-state index contributed by atoms with van der Waals surface area (Å²) in [6, 6.07) is 15.4. The number of alkyl halides is 2. The molecule has 4 nitrogen and oxygen atoms in total. The predicted molar refractivity (Wildman–Crippen MR) is 114 cm³/mol. The first kappa shape index (κ1) is 21.4. The maximum absolute atomic E-state index is 12.7. The number of allylic oxidation sites excluding steroid dienone is 1. The van der Waals surface area contributed by atoms with E-state index >= 15 is 0 Å². The molecule has 1 heterocycles. The molecule has 2 aromatic carbocycles. The van der Waals surface area contributed by atoms with E-state index in [4.69, 9.17) is 4.74 Å². The summed E-state index contributed by atoms with van der Waals surface area (Å²) < 4.78 is 32.6. The molecule has 29 heavy (non-hydrogen) atoms. The van der Waals surface area contributed by atoms with E-state index in [1.807, 2.05) is 34.9 Å². The van der Waals surface area contributed by atoms with Gasteiger partial charge in [-0.3, -0.25) is 0 Å². The van der Waals surface area contributed by atoms with Crippen LogP contribution in [0.15, 0.2) is 71.2 Å². The van der Waals surface area contributed by atoms with Crippen molar-refractivity contribution < 1.29 is 13.5 Å². The quantitative estimate of drug-likeness (QED) is 0.304. The Hall–Kier alpha value is -2.32. The molecule has 0 bridgehead atoms. The molecule has 3 aromatic rings. The van der Waals surface area contributed by atoms with Crippen LogP contribution in [0.5, 0.6) is 5.75 Å². The number of hydrogen-bond donors (Lipinski definition) is 0. The van der Waals surface area contributed by atoms with Crippen molar-refractivity contribution in [2.75, 3.05) is 7.11 Å². The maximum atomic E-state index is 12.7. The van der Waals surface area contributed by atoms with Crippen molar-refractivity contribution >= 4 is 23.5 Å². The third-order valence-corrected chi connectivity index (χ3v) is 5.93. The second kappa shape index (κ2) is 10.5. The van der Waals surface area contributed by atoms with E-state index in [1.54, 1.807) is 23.9 Å². The van der Waals surface area contributed by atoms with Gasteiger partial charge in [-0.15, -0.1) is 16.8 Å². The molecule has 3 rings (SSSR count). The zero-order valence-electron chi connectivity index (χ0n) is 15.9. The number of thioether (sulfide) groups is 2. The molecule has 152 valence electrons. The lowest BCUT2D eigenvalue weighted by Gasteiger charge is -2.11. The minimum atomic E-state index is -2.48. The molecule has 0 unspecified atom stereocenters. The molecule has 0 atom stereocenters. The maximum Gasteiger partial charge on any atom is 0.289 e. The number of benzene rings is 2. The minimum absolute atomic E-state index is 0.427. The van der Waals surface area contributed by atoms with Crippen molar-refractivity contribution in [1.29, 1.82) is 0 Å². The summed E-state index contributed by atoms with van der Waals surface area (Å²) in [5.41, 5.74) is 2.13. The van der Waals surface area contributed by atoms with Crippen molar-refractivity contribution in [1.82, 2.24) is 14.8 Å². The van der Waals surface area contributed by atoms with Gasteiger partial charge in [0.15, 0.2) is 5.16 Å². The molecule has 0 radical (unpaired) electrons. The fourth-order valence-corrected chi connectivity index (χ4v) is 4.30. The van der Waals surface area contributed by atoms with Gasteiger partial charge >= 0.3 is 0 Å². The lowest BCUT2D eigenvalue weighted by Crippen LogP contribution is -2.04. The van der Waals surface area contributed by atoms with E-state index < -0.39 is 5.76 Å². The average Bonchev–Trinajstić information content (AvgIpc) is 3.09. The molecule has 0 saturated heterocycles. The van der Waals surface area contributed by atoms with E-state index in [0.717, 1.165) is 16.5 Å². The number of halogens is 2. The van der Waals surface area contributed by atoms with Crippen LogP contribution < -0.4 is 4.74 Å². The molecule has 0 aliphatic heterocycles. The van der Waals surface area contributed by atoms with Crippen molar-refractivity contribution in [3.8, 4) is 5.75 Å². The van der Waals surface area contributed by atoms with E-state index in [9.17, 15) is 8.78 Å². The first-order valence-electron chi connectivity index (χ1n) is 8.92. The fourth-order valence-electron chi connectivity index (χ4n) is 2.79. The van der Waals surface area contributed by atoms with Gasteiger partial charge < -0.3 is 9.30 Å². The predicted octanol–water partition coefficient (Wildman–Crippen LogP) is 5.67. The average molecular weight is 434 g/mol. The van der Waals surface area contributed by atoms with Crippen LogP contribution in [0.1, 0.15) is 17.0 Å². The highest BCUT2D eigenvalue weighted by Crippen LogP contribution is 2.35. The number of hydrogen-bond acceptors (Lipinski definition) is 5. The van der Waals surface area contributed by atoms with Crippen molar-refractivity contribution in [3.05, 3.63) is 78.1 Å². The summed E-state index contributed by atoms with van der Waals surface area (Å²) in [7, 11) is 1.48. The van der Waals surface area contributed by atoms with Crippen LogP contribution in [0.25, 0.3) is 0 Å². The van der Waals surface area contributed by atoms with Gasteiger partial charge in [0.1, 0.15) is 11.6 Å². The Morgan fingerprint density at radius 1 is 1.14 bits per heavy atom. The lowest BCUT2D eigenvalue weighted by atomic mass is 10.1. The molecule has 0 saturated carbocycles. The zero-order chi connectivity index (χ0) is 20.6. The number of methoxy groups -OCH3 is 1. The van der Waals surface area contributed by atoms with E-state index in [0.29, 0.717) is 41.1 Å². The Labute approximate surface area is 177 Å². The number of rotatable bonds is 10. The SMILES string of the molecule is C=CCn1c(Cc2ccccc2)nnc1SCc1ccc(SC(F)F)c(OC)c1. The number of aromatic nitrogens is 3. The van der Waals surface area contributed by atoms with Crippen LogP contribution in [0.3, 0.4) is 0 Å². The van der Waals surface area contributed by atoms with Gasteiger partial charge in [-0.2, -0.15) is 8.78 Å². The molecule has 0 fully saturated rings. The summed E-state index contributed by atoms with van der Waals surface area (Å²) in [6.07, 6.45) is 2.51. The van der Waals surface area contributed by atoms with Gasteiger partial charge in [-0.05, 0) is 23.3 Å². The van der Waals surface area contributed by atoms with E-state index in [-0.39, 0.29) is 0 Å². The standard InChI is InChI=1S/C21H21F2N3OS2/c1-3-11-26-19(13-15-7-5-4-6-8-15)24-25-21(26)28-14-16-9-10-18(29-20(22)23)17(12-16)27-2/h3-10,12,20H,1,11,13-14H2,2H3. The zero-order valence-corrected chi connectivity index (χ0v) is 17.6. The molecule has 0 amide bonds. The van der Waals surface area contributed by atoms with Crippen molar-refractivity contribution in [2.24, 2.45) is 0 Å². The molecule has 0 N–H and O–H groups in total. The molecule has 0 aliphatic rings. The van der Waals surface area contributed by atoms with Crippen LogP contribution in [-0.2, 0) is 18.7 Å².